The summed E-state index contributed by atoms with van der Waals surface area (Å²) < 4.78 is 6.12. The Morgan fingerprint density at radius 2 is 2.07 bits per heavy atom. The standard InChI is InChI=1S/C19H22N4O5/c1-19(2,3)16-10-22(18(24)25)9-13-6-11(4-5-15(13)28-16)12-7-14(23(26)27)17(20)21-8-12/h4-8,16H,9-10H2,1-3H3,(H2,20,21)(H,24,25). The second kappa shape index (κ2) is 6.99. The van der Waals surface area contributed by atoms with E-state index in [0.717, 1.165) is 0 Å². The Bertz CT molecular complexity index is 938. The Morgan fingerprint density at radius 1 is 1.36 bits per heavy atom. The number of anilines is 1. The second-order valence-electron chi connectivity index (χ2n) is 7.84. The van der Waals surface area contributed by atoms with Crippen LogP contribution < -0.4 is 10.5 Å². The van der Waals surface area contributed by atoms with E-state index in [1.807, 2.05) is 20.8 Å². The van der Waals surface area contributed by atoms with Gasteiger partial charge in [0.1, 0.15) is 11.9 Å². The third-order valence-electron chi connectivity index (χ3n) is 4.74. The maximum Gasteiger partial charge on any atom is 0.407 e. The number of aromatic nitrogens is 1. The maximum absolute atomic E-state index is 11.7. The molecular weight excluding hydrogens is 364 g/mol. The van der Waals surface area contributed by atoms with Crippen LogP contribution in [-0.4, -0.2) is 38.7 Å². The third-order valence-corrected chi connectivity index (χ3v) is 4.74. The fraction of sp³-hybridized carbons (Fsp3) is 0.368. The number of hydrogen-bond acceptors (Lipinski definition) is 6. The highest BCUT2D eigenvalue weighted by Gasteiger charge is 2.34. The van der Waals surface area contributed by atoms with Crippen molar-refractivity contribution in [2.75, 3.05) is 12.3 Å². The van der Waals surface area contributed by atoms with Crippen LogP contribution in [0.4, 0.5) is 16.3 Å². The van der Waals surface area contributed by atoms with Crippen LogP contribution >= 0.6 is 0 Å². The number of carbonyl (C=O) groups is 1. The Labute approximate surface area is 161 Å². The van der Waals surface area contributed by atoms with Crippen LogP contribution in [0.2, 0.25) is 0 Å². The van der Waals surface area contributed by atoms with Crippen LogP contribution in [0, 0.1) is 15.5 Å². The average molecular weight is 386 g/mol. The zero-order valence-electron chi connectivity index (χ0n) is 15.9. The molecule has 0 spiro atoms. The Kier molecular flexibility index (Phi) is 4.84. The number of benzene rings is 1. The molecule has 1 amide bonds. The summed E-state index contributed by atoms with van der Waals surface area (Å²) in [6.45, 7) is 6.40. The highest BCUT2D eigenvalue weighted by Crippen LogP contribution is 2.35. The van der Waals surface area contributed by atoms with Gasteiger partial charge in [0.25, 0.3) is 0 Å². The van der Waals surface area contributed by atoms with Gasteiger partial charge >= 0.3 is 11.8 Å². The first-order valence-electron chi connectivity index (χ1n) is 8.74. The number of rotatable bonds is 2. The molecule has 0 aliphatic carbocycles. The molecule has 148 valence electrons. The van der Waals surface area contributed by atoms with Crippen LogP contribution in [0.1, 0.15) is 26.3 Å². The van der Waals surface area contributed by atoms with Gasteiger partial charge < -0.3 is 20.5 Å². The van der Waals surface area contributed by atoms with Crippen LogP contribution in [0.5, 0.6) is 5.75 Å². The van der Waals surface area contributed by atoms with Gasteiger partial charge in [0.05, 0.1) is 18.0 Å². The normalized spacial score (nSPS) is 16.7. The summed E-state index contributed by atoms with van der Waals surface area (Å²) in [4.78, 5) is 27.4. The van der Waals surface area contributed by atoms with Crippen molar-refractivity contribution in [1.29, 1.82) is 0 Å². The highest BCUT2D eigenvalue weighted by molar-refractivity contribution is 5.71. The molecule has 3 N–H and O–H groups in total. The van der Waals surface area contributed by atoms with Crippen LogP contribution in [0.3, 0.4) is 0 Å². The summed E-state index contributed by atoms with van der Waals surface area (Å²) in [6.07, 6.45) is 0.116. The molecule has 0 bridgehead atoms. The SMILES string of the molecule is CC(C)(C)C1CN(C(=O)O)Cc2cc(-c3cnc(N)c([N+](=O)[O-])c3)ccc2O1. The third kappa shape index (κ3) is 3.83. The van der Waals surface area contributed by atoms with E-state index in [1.165, 1.54) is 17.2 Å². The van der Waals surface area contributed by atoms with Crippen molar-refractivity contribution in [2.24, 2.45) is 5.41 Å². The van der Waals surface area contributed by atoms with Gasteiger partial charge in [-0.1, -0.05) is 26.8 Å². The molecule has 0 saturated heterocycles. The smallest absolute Gasteiger partial charge is 0.407 e. The molecular formula is C19H22N4O5. The fourth-order valence-corrected chi connectivity index (χ4v) is 3.02. The van der Waals surface area contributed by atoms with Crippen molar-refractivity contribution in [3.05, 3.63) is 46.1 Å². The quantitative estimate of drug-likeness (QED) is 0.596. The maximum atomic E-state index is 11.7. The van der Waals surface area contributed by atoms with E-state index >= 15 is 0 Å². The molecule has 0 saturated carbocycles. The monoisotopic (exact) mass is 386 g/mol. The minimum absolute atomic E-state index is 0.156. The largest absolute Gasteiger partial charge is 0.488 e. The summed E-state index contributed by atoms with van der Waals surface area (Å²) in [5.41, 5.74) is 6.90. The predicted octanol–water partition coefficient (Wildman–Crippen LogP) is 3.53. The molecule has 9 nitrogen and oxygen atoms in total. The van der Waals surface area contributed by atoms with E-state index in [1.54, 1.807) is 18.2 Å². The number of nitro groups is 1. The zero-order valence-corrected chi connectivity index (χ0v) is 15.9. The van der Waals surface area contributed by atoms with Crippen molar-refractivity contribution >= 4 is 17.6 Å². The molecule has 1 aliphatic rings. The fourth-order valence-electron chi connectivity index (χ4n) is 3.02. The highest BCUT2D eigenvalue weighted by atomic mass is 16.6. The molecule has 2 aromatic rings. The number of pyridine rings is 1. The van der Waals surface area contributed by atoms with E-state index in [4.69, 9.17) is 10.5 Å². The Balaban J connectivity index is 2.04. The molecule has 28 heavy (non-hydrogen) atoms. The van der Waals surface area contributed by atoms with E-state index in [0.29, 0.717) is 22.4 Å². The first-order valence-corrected chi connectivity index (χ1v) is 8.74. The van der Waals surface area contributed by atoms with Gasteiger partial charge in [0.2, 0.25) is 5.82 Å². The van der Waals surface area contributed by atoms with Crippen molar-refractivity contribution in [1.82, 2.24) is 9.88 Å². The second-order valence-corrected chi connectivity index (χ2v) is 7.84. The number of ether oxygens (including phenoxy) is 1. The zero-order chi connectivity index (χ0) is 20.6. The van der Waals surface area contributed by atoms with E-state index in [2.05, 4.69) is 4.98 Å². The van der Waals surface area contributed by atoms with Crippen LogP contribution in [0.25, 0.3) is 11.1 Å². The lowest BCUT2D eigenvalue weighted by molar-refractivity contribution is -0.384. The summed E-state index contributed by atoms with van der Waals surface area (Å²) in [5.74, 6) is 0.447. The lowest BCUT2D eigenvalue weighted by atomic mass is 9.88. The van der Waals surface area contributed by atoms with Crippen molar-refractivity contribution < 1.29 is 19.6 Å². The Hall–Kier alpha value is -3.36. The molecule has 3 rings (SSSR count). The summed E-state index contributed by atoms with van der Waals surface area (Å²) in [7, 11) is 0. The number of nitrogen functional groups attached to an aromatic ring is 1. The summed E-state index contributed by atoms with van der Waals surface area (Å²) in [6, 6.07) is 6.66. The predicted molar refractivity (Wildman–Crippen MR) is 103 cm³/mol. The van der Waals surface area contributed by atoms with Gasteiger partial charge in [0.15, 0.2) is 0 Å². The van der Waals surface area contributed by atoms with Crippen molar-refractivity contribution in [3.63, 3.8) is 0 Å². The lowest BCUT2D eigenvalue weighted by Crippen LogP contribution is -2.43. The topological polar surface area (TPSA) is 132 Å². The molecule has 1 aromatic heterocycles. The lowest BCUT2D eigenvalue weighted by Gasteiger charge is -2.32. The van der Waals surface area contributed by atoms with Crippen LogP contribution in [0.15, 0.2) is 30.5 Å². The first-order chi connectivity index (χ1) is 13.1. The van der Waals surface area contributed by atoms with Crippen LogP contribution in [-0.2, 0) is 6.54 Å². The van der Waals surface area contributed by atoms with E-state index in [9.17, 15) is 20.0 Å². The van der Waals surface area contributed by atoms with E-state index in [-0.39, 0.29) is 36.1 Å². The summed E-state index contributed by atoms with van der Waals surface area (Å²) in [5, 5.41) is 20.7. The number of nitrogens with zero attached hydrogens (tertiary/aromatic N) is 3. The molecule has 0 fully saturated rings. The van der Waals surface area contributed by atoms with Crippen molar-refractivity contribution in [3.8, 4) is 16.9 Å². The van der Waals surface area contributed by atoms with Gasteiger partial charge in [-0.2, -0.15) is 0 Å². The van der Waals surface area contributed by atoms with Gasteiger partial charge in [-0.25, -0.2) is 9.78 Å². The molecule has 1 aromatic carbocycles. The first kappa shape index (κ1) is 19.4. The molecule has 2 heterocycles. The number of nitrogens with two attached hydrogens (primary N) is 1. The molecule has 1 atom stereocenters. The minimum Gasteiger partial charge on any atom is -0.488 e. The number of amides is 1. The number of carboxylic acid groups (broad SMARTS) is 1. The summed E-state index contributed by atoms with van der Waals surface area (Å²) >= 11 is 0. The molecule has 1 aliphatic heterocycles. The van der Waals surface area contributed by atoms with Gasteiger partial charge in [0, 0.05) is 28.8 Å². The molecule has 0 radical (unpaired) electrons. The number of fused-ring (bicyclic) bond motifs is 1. The Morgan fingerprint density at radius 3 is 2.68 bits per heavy atom. The molecule has 1 unspecified atom stereocenters. The van der Waals surface area contributed by atoms with Gasteiger partial charge in [-0.3, -0.25) is 10.1 Å². The van der Waals surface area contributed by atoms with Crippen molar-refractivity contribution in [2.45, 2.75) is 33.4 Å². The minimum atomic E-state index is -1.03. The van der Waals surface area contributed by atoms with Gasteiger partial charge in [-0.15, -0.1) is 0 Å². The molecule has 9 heteroatoms. The average Bonchev–Trinajstić information content (AvgIpc) is 2.81. The van der Waals surface area contributed by atoms with E-state index < -0.39 is 11.0 Å². The number of hydrogen-bond donors (Lipinski definition) is 2. The van der Waals surface area contributed by atoms with Gasteiger partial charge in [-0.05, 0) is 17.7 Å².